The Morgan fingerprint density at radius 3 is 2.79 bits per heavy atom. The van der Waals surface area contributed by atoms with Gasteiger partial charge in [0.2, 0.25) is 5.95 Å². The van der Waals surface area contributed by atoms with Crippen LogP contribution in [0.15, 0.2) is 46.9 Å². The molecule has 3 rings (SSSR count). The normalized spacial score (nSPS) is 11.1. The highest BCUT2D eigenvalue weighted by Crippen LogP contribution is 2.24. The van der Waals surface area contributed by atoms with Gasteiger partial charge >= 0.3 is 0 Å². The molecule has 2 aromatic carbocycles. The molecule has 1 aromatic heterocycles. The average Bonchev–Trinajstić information content (AvgIpc) is 2.68. The number of hydrogen-bond donors (Lipinski definition) is 1. The molecule has 19 heavy (non-hydrogen) atoms. The molecular formula is C14H11BrClN3. The third kappa shape index (κ3) is 2.33. The number of rotatable bonds is 2. The van der Waals surface area contributed by atoms with E-state index in [1.54, 1.807) is 0 Å². The maximum absolute atomic E-state index is 6.19. The zero-order chi connectivity index (χ0) is 13.4. The van der Waals surface area contributed by atoms with Crippen molar-refractivity contribution in [2.45, 2.75) is 6.54 Å². The van der Waals surface area contributed by atoms with E-state index in [0.717, 1.165) is 26.1 Å². The summed E-state index contributed by atoms with van der Waals surface area (Å²) in [4.78, 5) is 4.37. The van der Waals surface area contributed by atoms with Crippen LogP contribution >= 0.6 is 27.5 Å². The Hall–Kier alpha value is -1.52. The second kappa shape index (κ2) is 4.87. The van der Waals surface area contributed by atoms with Gasteiger partial charge in [0, 0.05) is 9.50 Å². The highest BCUT2D eigenvalue weighted by atomic mass is 79.9. The van der Waals surface area contributed by atoms with Crippen LogP contribution in [-0.4, -0.2) is 9.55 Å². The van der Waals surface area contributed by atoms with Crippen LogP contribution in [0.25, 0.3) is 11.0 Å². The van der Waals surface area contributed by atoms with Crippen molar-refractivity contribution in [2.75, 3.05) is 5.73 Å². The first-order chi connectivity index (χ1) is 9.15. The van der Waals surface area contributed by atoms with E-state index in [-0.39, 0.29) is 0 Å². The number of anilines is 1. The lowest BCUT2D eigenvalue weighted by atomic mass is 10.2. The largest absolute Gasteiger partial charge is 0.369 e. The zero-order valence-electron chi connectivity index (χ0n) is 9.98. The minimum atomic E-state index is 0.494. The molecule has 96 valence electrons. The first-order valence-electron chi connectivity index (χ1n) is 5.80. The average molecular weight is 337 g/mol. The van der Waals surface area contributed by atoms with E-state index >= 15 is 0 Å². The number of nitrogens with two attached hydrogens (primary N) is 1. The molecule has 0 atom stereocenters. The van der Waals surface area contributed by atoms with Gasteiger partial charge in [0.1, 0.15) is 0 Å². The van der Waals surface area contributed by atoms with Crippen LogP contribution in [0.1, 0.15) is 5.56 Å². The molecule has 0 bridgehead atoms. The highest BCUT2D eigenvalue weighted by Gasteiger charge is 2.10. The molecule has 0 saturated carbocycles. The third-order valence-corrected chi connectivity index (χ3v) is 3.89. The number of hydrogen-bond acceptors (Lipinski definition) is 2. The molecule has 2 N–H and O–H groups in total. The first-order valence-corrected chi connectivity index (χ1v) is 6.97. The minimum Gasteiger partial charge on any atom is -0.369 e. The maximum Gasteiger partial charge on any atom is 0.201 e. The van der Waals surface area contributed by atoms with Gasteiger partial charge in [-0.3, -0.25) is 0 Å². The molecule has 5 heteroatoms. The molecule has 0 aliphatic rings. The fourth-order valence-corrected chi connectivity index (χ4v) is 2.63. The lowest BCUT2D eigenvalue weighted by Crippen LogP contribution is -2.04. The Labute approximate surface area is 124 Å². The Kier molecular flexibility index (Phi) is 3.21. The van der Waals surface area contributed by atoms with Crippen molar-refractivity contribution in [1.29, 1.82) is 0 Å². The minimum absolute atomic E-state index is 0.494. The van der Waals surface area contributed by atoms with Gasteiger partial charge in [-0.1, -0.05) is 45.7 Å². The summed E-state index contributed by atoms with van der Waals surface area (Å²) in [6.07, 6.45) is 0. The van der Waals surface area contributed by atoms with Crippen LogP contribution < -0.4 is 5.73 Å². The van der Waals surface area contributed by atoms with Gasteiger partial charge in [-0.25, -0.2) is 4.98 Å². The van der Waals surface area contributed by atoms with Crippen molar-refractivity contribution in [3.63, 3.8) is 0 Å². The van der Waals surface area contributed by atoms with Gasteiger partial charge in [-0.2, -0.15) is 0 Å². The summed E-state index contributed by atoms with van der Waals surface area (Å²) in [6.45, 7) is 0.615. The van der Waals surface area contributed by atoms with E-state index < -0.39 is 0 Å². The van der Waals surface area contributed by atoms with Gasteiger partial charge in [-0.15, -0.1) is 0 Å². The molecular weight excluding hydrogens is 326 g/mol. The van der Waals surface area contributed by atoms with E-state index in [9.17, 15) is 0 Å². The van der Waals surface area contributed by atoms with E-state index in [0.29, 0.717) is 12.5 Å². The molecule has 0 aliphatic carbocycles. The van der Waals surface area contributed by atoms with Gasteiger partial charge in [0.05, 0.1) is 17.6 Å². The molecule has 0 aliphatic heterocycles. The summed E-state index contributed by atoms with van der Waals surface area (Å²) >= 11 is 9.62. The van der Waals surface area contributed by atoms with Gasteiger partial charge < -0.3 is 10.3 Å². The van der Waals surface area contributed by atoms with Crippen LogP contribution in [0.4, 0.5) is 5.95 Å². The van der Waals surface area contributed by atoms with Crippen molar-refractivity contribution in [2.24, 2.45) is 0 Å². The molecule has 3 aromatic rings. The summed E-state index contributed by atoms with van der Waals surface area (Å²) in [5.74, 6) is 0.494. The molecule has 0 saturated heterocycles. The van der Waals surface area contributed by atoms with Crippen molar-refractivity contribution < 1.29 is 0 Å². The van der Waals surface area contributed by atoms with E-state index in [2.05, 4.69) is 20.9 Å². The maximum atomic E-state index is 6.19. The predicted molar refractivity (Wildman–Crippen MR) is 82.4 cm³/mol. The molecule has 0 fully saturated rings. The molecule has 0 radical (unpaired) electrons. The molecule has 0 unspecified atom stereocenters. The number of benzene rings is 2. The fourth-order valence-electron chi connectivity index (χ4n) is 2.08. The Morgan fingerprint density at radius 1 is 1.21 bits per heavy atom. The van der Waals surface area contributed by atoms with Crippen molar-refractivity contribution in [3.8, 4) is 0 Å². The SMILES string of the molecule is Nc1nc2cc(Br)ccc2n1Cc1ccccc1Cl. The lowest BCUT2D eigenvalue weighted by molar-refractivity contribution is 0.838. The lowest BCUT2D eigenvalue weighted by Gasteiger charge is -2.08. The van der Waals surface area contributed by atoms with Crippen LogP contribution in [0.5, 0.6) is 0 Å². The van der Waals surface area contributed by atoms with Crippen LogP contribution in [0.2, 0.25) is 5.02 Å². The molecule has 0 amide bonds. The summed E-state index contributed by atoms with van der Waals surface area (Å²) in [5.41, 5.74) is 8.90. The summed E-state index contributed by atoms with van der Waals surface area (Å²) < 4.78 is 2.95. The number of nitrogens with zero attached hydrogens (tertiary/aromatic N) is 2. The Morgan fingerprint density at radius 2 is 2.00 bits per heavy atom. The van der Waals surface area contributed by atoms with Crippen molar-refractivity contribution in [1.82, 2.24) is 9.55 Å². The van der Waals surface area contributed by atoms with Crippen LogP contribution in [-0.2, 0) is 6.54 Å². The van der Waals surface area contributed by atoms with Gasteiger partial charge in [0.15, 0.2) is 0 Å². The van der Waals surface area contributed by atoms with E-state index in [1.807, 2.05) is 47.0 Å². The molecule has 3 nitrogen and oxygen atoms in total. The summed E-state index contributed by atoms with van der Waals surface area (Å²) in [7, 11) is 0. The number of halogens is 2. The number of imidazole rings is 1. The topological polar surface area (TPSA) is 43.8 Å². The van der Waals surface area contributed by atoms with Crippen molar-refractivity contribution >= 4 is 44.5 Å². The van der Waals surface area contributed by atoms with E-state index in [4.69, 9.17) is 17.3 Å². The van der Waals surface area contributed by atoms with Crippen molar-refractivity contribution in [3.05, 3.63) is 57.5 Å². The van der Waals surface area contributed by atoms with Crippen LogP contribution in [0, 0.1) is 0 Å². The molecule has 0 spiro atoms. The van der Waals surface area contributed by atoms with Crippen LogP contribution in [0.3, 0.4) is 0 Å². The second-order valence-corrected chi connectivity index (χ2v) is 5.60. The van der Waals surface area contributed by atoms with Gasteiger partial charge in [0.25, 0.3) is 0 Å². The highest BCUT2D eigenvalue weighted by molar-refractivity contribution is 9.10. The molecule has 1 heterocycles. The first kappa shape index (κ1) is 12.5. The number of nitrogen functional groups attached to an aromatic ring is 1. The Bertz CT molecular complexity index is 752. The quantitative estimate of drug-likeness (QED) is 0.766. The number of aromatic nitrogens is 2. The monoisotopic (exact) mass is 335 g/mol. The second-order valence-electron chi connectivity index (χ2n) is 4.28. The third-order valence-electron chi connectivity index (χ3n) is 3.03. The summed E-state index contributed by atoms with van der Waals surface area (Å²) in [6, 6.07) is 13.7. The predicted octanol–water partition coefficient (Wildman–Crippen LogP) is 4.08. The smallest absolute Gasteiger partial charge is 0.201 e. The fraction of sp³-hybridized carbons (Fsp3) is 0.0714. The standard InChI is InChI=1S/C14H11BrClN3/c15-10-5-6-13-12(7-10)18-14(17)19(13)8-9-3-1-2-4-11(9)16/h1-7H,8H2,(H2,17,18). The number of fused-ring (bicyclic) bond motifs is 1. The van der Waals surface area contributed by atoms with Gasteiger partial charge in [-0.05, 0) is 29.8 Å². The summed E-state index contributed by atoms with van der Waals surface area (Å²) in [5, 5.41) is 0.737. The zero-order valence-corrected chi connectivity index (χ0v) is 12.3. The van der Waals surface area contributed by atoms with E-state index in [1.165, 1.54) is 0 Å². The Balaban J connectivity index is 2.10.